The van der Waals surface area contributed by atoms with Gasteiger partial charge >= 0.3 is 11.9 Å². The Labute approximate surface area is 301 Å². The standard InChI is InChI=1S/C42H78O7/c1-4-6-8-10-12-14-16-18-20-22-24-26-28-30-32-34-39(46)48-41(3,42(36-43,37-44)38-45)49-40(47)35-33-31-29-27-25-23-21-19-17-15-13-11-9-7-5-2/h18-21,43-45H,4-17,22-38H2,1-3H3/b20-18-,21-19-. The Bertz CT molecular complexity index is 756. The van der Waals surface area contributed by atoms with Gasteiger partial charge in [0, 0.05) is 19.8 Å². The van der Waals surface area contributed by atoms with Crippen LogP contribution in [0.15, 0.2) is 24.3 Å². The third-order valence-electron chi connectivity index (χ3n) is 9.77. The summed E-state index contributed by atoms with van der Waals surface area (Å²) in [6.45, 7) is 3.71. The highest BCUT2D eigenvalue weighted by Crippen LogP contribution is 2.36. The molecule has 3 N–H and O–H groups in total. The maximum atomic E-state index is 12.8. The van der Waals surface area contributed by atoms with Crippen LogP contribution in [0.25, 0.3) is 0 Å². The van der Waals surface area contributed by atoms with Gasteiger partial charge in [-0.05, 0) is 64.2 Å². The SMILES string of the molecule is CCCCCCCC/C=C\CCCCCCCC(=O)OC(C)(OC(=O)CCCCCCC/C=C\CCCCCCCC)C(CO)(CO)CO. The summed E-state index contributed by atoms with van der Waals surface area (Å²) >= 11 is 0. The topological polar surface area (TPSA) is 113 Å². The van der Waals surface area contributed by atoms with Crippen LogP contribution in [-0.2, 0) is 19.1 Å². The zero-order valence-electron chi connectivity index (χ0n) is 32.2. The van der Waals surface area contributed by atoms with E-state index in [-0.39, 0.29) is 12.8 Å². The summed E-state index contributed by atoms with van der Waals surface area (Å²) in [4.78, 5) is 25.6. The molecule has 7 heteroatoms. The van der Waals surface area contributed by atoms with E-state index in [1.54, 1.807) is 0 Å². The fourth-order valence-corrected chi connectivity index (χ4v) is 6.03. The van der Waals surface area contributed by atoms with Crippen LogP contribution in [0.3, 0.4) is 0 Å². The van der Waals surface area contributed by atoms with Crippen LogP contribution >= 0.6 is 0 Å². The molecule has 0 spiro atoms. The molecular formula is C42H78O7. The van der Waals surface area contributed by atoms with Gasteiger partial charge in [0.1, 0.15) is 5.41 Å². The molecule has 0 amide bonds. The number of hydrogen-bond acceptors (Lipinski definition) is 7. The lowest BCUT2D eigenvalue weighted by Gasteiger charge is -2.43. The maximum absolute atomic E-state index is 12.8. The molecule has 0 unspecified atom stereocenters. The molecule has 288 valence electrons. The predicted molar refractivity (Wildman–Crippen MR) is 203 cm³/mol. The molecule has 0 saturated carbocycles. The number of aliphatic hydroxyl groups is 3. The van der Waals surface area contributed by atoms with Crippen molar-refractivity contribution in [2.45, 2.75) is 206 Å². The summed E-state index contributed by atoms with van der Waals surface area (Å²) in [6, 6.07) is 0. The summed E-state index contributed by atoms with van der Waals surface area (Å²) in [7, 11) is 0. The molecule has 0 radical (unpaired) electrons. The van der Waals surface area contributed by atoms with Crippen molar-refractivity contribution in [3.8, 4) is 0 Å². The van der Waals surface area contributed by atoms with Crippen molar-refractivity contribution in [3.05, 3.63) is 24.3 Å². The fourth-order valence-electron chi connectivity index (χ4n) is 6.03. The van der Waals surface area contributed by atoms with E-state index in [2.05, 4.69) is 38.2 Å². The molecule has 0 bridgehead atoms. The lowest BCUT2D eigenvalue weighted by Crippen LogP contribution is -2.58. The Morgan fingerprint density at radius 2 is 0.714 bits per heavy atom. The number of aliphatic hydroxyl groups excluding tert-OH is 3. The molecule has 0 aliphatic carbocycles. The number of ether oxygens (including phenoxy) is 2. The monoisotopic (exact) mass is 695 g/mol. The van der Waals surface area contributed by atoms with Crippen molar-refractivity contribution in [2.75, 3.05) is 19.8 Å². The van der Waals surface area contributed by atoms with Gasteiger partial charge in [0.2, 0.25) is 0 Å². The summed E-state index contributed by atoms with van der Waals surface area (Å²) in [5.74, 6) is -3.13. The second-order valence-electron chi connectivity index (χ2n) is 14.3. The van der Waals surface area contributed by atoms with Gasteiger partial charge in [-0.15, -0.1) is 0 Å². The zero-order chi connectivity index (χ0) is 36.3. The second-order valence-corrected chi connectivity index (χ2v) is 14.3. The first-order valence-electron chi connectivity index (χ1n) is 20.4. The van der Waals surface area contributed by atoms with Crippen molar-refractivity contribution >= 4 is 11.9 Å². The zero-order valence-corrected chi connectivity index (χ0v) is 32.2. The van der Waals surface area contributed by atoms with Crippen LogP contribution in [0, 0.1) is 5.41 Å². The highest BCUT2D eigenvalue weighted by molar-refractivity contribution is 5.72. The minimum Gasteiger partial charge on any atom is -0.422 e. The van der Waals surface area contributed by atoms with Crippen LogP contribution in [-0.4, -0.2) is 52.9 Å². The quantitative estimate of drug-likeness (QED) is 0.0259. The molecule has 0 aliphatic rings. The van der Waals surface area contributed by atoms with Crippen LogP contribution in [0.5, 0.6) is 0 Å². The molecule has 0 aromatic rings. The number of rotatable bonds is 36. The summed E-state index contributed by atoms with van der Waals surface area (Å²) < 4.78 is 11.2. The predicted octanol–water partition coefficient (Wildman–Crippen LogP) is 10.8. The van der Waals surface area contributed by atoms with Gasteiger partial charge in [-0.2, -0.15) is 0 Å². The van der Waals surface area contributed by atoms with Crippen LogP contribution < -0.4 is 0 Å². The average Bonchev–Trinajstić information content (AvgIpc) is 3.09. The van der Waals surface area contributed by atoms with E-state index in [1.807, 2.05) is 0 Å². The molecule has 49 heavy (non-hydrogen) atoms. The normalized spacial score (nSPS) is 12.4. The smallest absolute Gasteiger partial charge is 0.309 e. The van der Waals surface area contributed by atoms with Crippen molar-refractivity contribution < 1.29 is 34.4 Å². The molecule has 0 aliphatic heterocycles. The first-order valence-corrected chi connectivity index (χ1v) is 20.4. The van der Waals surface area contributed by atoms with Crippen molar-refractivity contribution in [2.24, 2.45) is 5.41 Å². The Morgan fingerprint density at radius 1 is 0.449 bits per heavy atom. The molecule has 0 atom stereocenters. The first kappa shape index (κ1) is 47.3. The maximum Gasteiger partial charge on any atom is 0.309 e. The Morgan fingerprint density at radius 3 is 1.00 bits per heavy atom. The third kappa shape index (κ3) is 25.0. The third-order valence-corrected chi connectivity index (χ3v) is 9.77. The van der Waals surface area contributed by atoms with Crippen molar-refractivity contribution in [1.29, 1.82) is 0 Å². The summed E-state index contributed by atoms with van der Waals surface area (Å²) in [5.41, 5.74) is -1.72. The minimum absolute atomic E-state index is 0.137. The fraction of sp³-hybridized carbons (Fsp3) is 0.857. The molecule has 0 aromatic carbocycles. The van der Waals surface area contributed by atoms with Gasteiger partial charge in [0.05, 0.1) is 19.8 Å². The number of hydrogen-bond donors (Lipinski definition) is 3. The lowest BCUT2D eigenvalue weighted by atomic mass is 9.81. The number of unbranched alkanes of at least 4 members (excludes halogenated alkanes) is 22. The van der Waals surface area contributed by atoms with E-state index in [9.17, 15) is 24.9 Å². The van der Waals surface area contributed by atoms with Crippen LogP contribution in [0.4, 0.5) is 0 Å². The molecule has 0 fully saturated rings. The highest BCUT2D eigenvalue weighted by Gasteiger charge is 2.54. The molecule has 0 saturated heterocycles. The van der Waals surface area contributed by atoms with Gasteiger partial charge in [-0.25, -0.2) is 0 Å². The second kappa shape index (κ2) is 33.4. The molecule has 0 rings (SSSR count). The Hall–Kier alpha value is -1.70. The van der Waals surface area contributed by atoms with E-state index in [0.29, 0.717) is 12.8 Å². The largest absolute Gasteiger partial charge is 0.422 e. The molecule has 0 heterocycles. The van der Waals surface area contributed by atoms with Crippen molar-refractivity contribution in [1.82, 2.24) is 0 Å². The molecular weight excluding hydrogens is 616 g/mol. The number of carbonyl (C=O) groups excluding carboxylic acids is 2. The van der Waals surface area contributed by atoms with E-state index >= 15 is 0 Å². The Balaban J connectivity index is 4.32. The van der Waals surface area contributed by atoms with E-state index in [1.165, 1.54) is 96.8 Å². The van der Waals surface area contributed by atoms with Gasteiger partial charge in [0.15, 0.2) is 0 Å². The average molecular weight is 695 g/mol. The highest BCUT2D eigenvalue weighted by atomic mass is 16.7. The van der Waals surface area contributed by atoms with E-state index in [4.69, 9.17) is 9.47 Å². The number of esters is 2. The summed E-state index contributed by atoms with van der Waals surface area (Å²) in [6.07, 6.45) is 39.5. The van der Waals surface area contributed by atoms with E-state index < -0.39 is 43.0 Å². The van der Waals surface area contributed by atoms with Gasteiger partial charge in [-0.1, -0.05) is 141 Å². The minimum atomic E-state index is -1.98. The summed E-state index contributed by atoms with van der Waals surface area (Å²) in [5, 5.41) is 30.2. The van der Waals surface area contributed by atoms with E-state index in [0.717, 1.165) is 64.2 Å². The molecule has 7 nitrogen and oxygen atoms in total. The van der Waals surface area contributed by atoms with Gasteiger partial charge in [0.25, 0.3) is 5.79 Å². The van der Waals surface area contributed by atoms with Gasteiger partial charge < -0.3 is 24.8 Å². The Kier molecular flexibility index (Phi) is 32.3. The van der Waals surface area contributed by atoms with Crippen molar-refractivity contribution in [3.63, 3.8) is 0 Å². The number of allylic oxidation sites excluding steroid dienone is 4. The van der Waals surface area contributed by atoms with Crippen LogP contribution in [0.2, 0.25) is 0 Å². The lowest BCUT2D eigenvalue weighted by molar-refractivity contribution is -0.284. The van der Waals surface area contributed by atoms with Crippen LogP contribution in [0.1, 0.15) is 201 Å². The first-order chi connectivity index (χ1) is 23.8. The number of carbonyl (C=O) groups is 2. The van der Waals surface area contributed by atoms with Gasteiger partial charge in [-0.3, -0.25) is 9.59 Å². The molecule has 0 aromatic heterocycles.